The highest BCUT2D eigenvalue weighted by molar-refractivity contribution is 5.93. The molecule has 1 aromatic heterocycles. The van der Waals surface area contributed by atoms with Crippen molar-refractivity contribution in [1.82, 2.24) is 4.57 Å². The molecule has 0 aliphatic carbocycles. The van der Waals surface area contributed by atoms with E-state index in [0.717, 1.165) is 40.7 Å². The van der Waals surface area contributed by atoms with E-state index in [1.54, 1.807) is 7.11 Å². The van der Waals surface area contributed by atoms with Gasteiger partial charge < -0.3 is 28.3 Å². The number of rotatable bonds is 30. The lowest BCUT2D eigenvalue weighted by Gasteiger charge is -2.22. The number of benzene rings is 6. The first-order valence-electron chi connectivity index (χ1n) is 25.4. The van der Waals surface area contributed by atoms with E-state index in [0.29, 0.717) is 52.8 Å². The first-order chi connectivity index (χ1) is 34.1. The third-order valence-electron chi connectivity index (χ3n) is 12.6. The van der Waals surface area contributed by atoms with Gasteiger partial charge in [0.15, 0.2) is 17.2 Å². The van der Waals surface area contributed by atoms with Gasteiger partial charge in [-0.1, -0.05) is 218 Å². The second-order valence-corrected chi connectivity index (χ2v) is 17.9. The molecule has 0 spiro atoms. The molecule has 0 saturated carbocycles. The van der Waals surface area contributed by atoms with Crippen LogP contribution >= 0.6 is 0 Å². The van der Waals surface area contributed by atoms with Crippen LogP contribution in [0.1, 0.15) is 125 Å². The van der Waals surface area contributed by atoms with Gasteiger partial charge in [-0.2, -0.15) is 0 Å². The van der Waals surface area contributed by atoms with Gasteiger partial charge in [0.2, 0.25) is 5.43 Å². The fourth-order valence-corrected chi connectivity index (χ4v) is 8.71. The average Bonchev–Trinajstić information content (AvgIpc) is 3.40. The molecule has 0 saturated heterocycles. The summed E-state index contributed by atoms with van der Waals surface area (Å²) in [5.74, 6) is 2.32. The van der Waals surface area contributed by atoms with Gasteiger partial charge in [0.05, 0.1) is 23.7 Å². The zero-order valence-corrected chi connectivity index (χ0v) is 40.9. The van der Waals surface area contributed by atoms with Crippen molar-refractivity contribution in [1.29, 1.82) is 0 Å². The molecule has 7 heteroatoms. The lowest BCUT2D eigenvalue weighted by molar-refractivity contribution is 0.284. The minimum absolute atomic E-state index is 0.186. The molecule has 0 bridgehead atoms. The van der Waals surface area contributed by atoms with Crippen LogP contribution < -0.4 is 29.1 Å². The van der Waals surface area contributed by atoms with Crippen LogP contribution in [0.3, 0.4) is 0 Å². The molecule has 7 rings (SSSR count). The first-order valence-corrected chi connectivity index (χ1v) is 25.4. The summed E-state index contributed by atoms with van der Waals surface area (Å²) in [6.45, 7) is 3.45. The molecule has 0 radical (unpaired) electrons. The number of aromatic nitrogens is 1. The van der Waals surface area contributed by atoms with Gasteiger partial charge >= 0.3 is 0 Å². The largest absolute Gasteiger partial charge is 0.493 e. The number of nitrogens with zero attached hydrogens (tertiary/aromatic N) is 1. The molecule has 0 fully saturated rings. The van der Waals surface area contributed by atoms with E-state index in [9.17, 15) is 0 Å². The van der Waals surface area contributed by atoms with Crippen molar-refractivity contribution in [2.24, 2.45) is 0 Å². The van der Waals surface area contributed by atoms with Crippen LogP contribution in [0.15, 0.2) is 163 Å². The summed E-state index contributed by atoms with van der Waals surface area (Å²) in [5, 5.41) is 0.403. The summed E-state index contributed by atoms with van der Waals surface area (Å²) in [5.41, 5.74) is 5.66. The maximum Gasteiger partial charge on any atom is 0.235 e. The number of ether oxygens (including phenoxy) is 5. The van der Waals surface area contributed by atoms with Gasteiger partial charge in [0.1, 0.15) is 37.9 Å². The molecule has 0 N–H and O–H groups in total. The monoisotopic (exact) mass is 926 g/mol. The lowest BCUT2D eigenvalue weighted by Crippen LogP contribution is -2.16. The van der Waals surface area contributed by atoms with E-state index < -0.39 is 0 Å². The molecule has 1 heterocycles. The van der Waals surface area contributed by atoms with Crippen molar-refractivity contribution in [3.05, 3.63) is 190 Å². The normalized spacial score (nSPS) is 11.3. The molecule has 360 valence electrons. The van der Waals surface area contributed by atoms with Crippen molar-refractivity contribution in [2.75, 3.05) is 7.11 Å². The Morgan fingerprint density at radius 2 is 0.928 bits per heavy atom. The molecule has 0 aliphatic heterocycles. The quantitative estimate of drug-likeness (QED) is 0.0419. The average molecular weight is 926 g/mol. The summed E-state index contributed by atoms with van der Waals surface area (Å²) in [6, 6.07) is 49.6. The third kappa shape index (κ3) is 15.4. The number of hydrogen-bond acceptors (Lipinski definition) is 6. The van der Waals surface area contributed by atoms with Crippen molar-refractivity contribution in [2.45, 2.75) is 130 Å². The Bertz CT molecular complexity index is 2660. The van der Waals surface area contributed by atoms with Crippen molar-refractivity contribution < 1.29 is 23.7 Å². The molecule has 0 atom stereocenters. The third-order valence-corrected chi connectivity index (χ3v) is 12.6. The molecule has 0 amide bonds. The Hall–Kier alpha value is -6.73. The maximum absolute atomic E-state index is 15.4. The van der Waals surface area contributed by atoms with Crippen LogP contribution in [0.4, 0.5) is 0 Å². The molecule has 7 aromatic rings. The predicted molar refractivity (Wildman–Crippen MR) is 284 cm³/mol. The van der Waals surface area contributed by atoms with E-state index in [-0.39, 0.29) is 24.4 Å². The van der Waals surface area contributed by atoms with Crippen molar-refractivity contribution in [3.63, 3.8) is 0 Å². The fraction of sp³-hybridized carbons (Fsp3) is 0.339. The van der Waals surface area contributed by atoms with E-state index >= 15 is 4.79 Å². The number of fused-ring (bicyclic) bond motifs is 1. The minimum atomic E-state index is -0.284. The molecule has 7 nitrogen and oxygen atoms in total. The minimum Gasteiger partial charge on any atom is -0.493 e. The number of unbranched alkanes of at least 4 members (excludes halogenated alkanes) is 14. The van der Waals surface area contributed by atoms with Gasteiger partial charge in [-0.15, -0.1) is 0 Å². The van der Waals surface area contributed by atoms with Crippen LogP contribution in [0, 0.1) is 0 Å². The summed E-state index contributed by atoms with van der Waals surface area (Å²) in [4.78, 5) is 15.4. The molecule has 0 aliphatic rings. The molecular formula is C62H71NO6. The first kappa shape index (κ1) is 50.2. The molecule has 69 heavy (non-hydrogen) atoms. The topological polar surface area (TPSA) is 68.2 Å². The molecule has 0 unspecified atom stereocenters. The zero-order valence-electron chi connectivity index (χ0n) is 40.9. The number of hydrogen-bond donors (Lipinski definition) is 0. The van der Waals surface area contributed by atoms with E-state index in [1.165, 1.54) is 83.5 Å². The second kappa shape index (κ2) is 27.9. The van der Waals surface area contributed by atoms with Crippen molar-refractivity contribution in [3.8, 4) is 40.0 Å². The molecule has 6 aromatic carbocycles. The number of pyridine rings is 1. The van der Waals surface area contributed by atoms with Crippen LogP contribution in [0.2, 0.25) is 0 Å². The SMILES string of the molecule is CCCCCCCCCCCCCCCCC=Cn1c(-c2ccc(OCc3ccccc3)c(OC)c2)c(OCc2ccccc2)c(=O)c2c(OCc3ccccc3)cc(OCc3ccccc3)cc21. The highest BCUT2D eigenvalue weighted by Gasteiger charge is 2.25. The van der Waals surface area contributed by atoms with Crippen LogP contribution in [0.25, 0.3) is 28.4 Å². The van der Waals surface area contributed by atoms with Gasteiger partial charge in [-0.3, -0.25) is 4.79 Å². The fourth-order valence-electron chi connectivity index (χ4n) is 8.71. The Balaban J connectivity index is 1.24. The Kier molecular flexibility index (Phi) is 20.3. The lowest BCUT2D eigenvalue weighted by atomic mass is 10.0. The number of methoxy groups -OCH3 is 1. The Morgan fingerprint density at radius 3 is 1.43 bits per heavy atom. The summed E-state index contributed by atoms with van der Waals surface area (Å²) in [7, 11) is 1.64. The summed E-state index contributed by atoms with van der Waals surface area (Å²) >= 11 is 0. The highest BCUT2D eigenvalue weighted by Crippen LogP contribution is 2.41. The summed E-state index contributed by atoms with van der Waals surface area (Å²) < 4.78 is 34.3. The van der Waals surface area contributed by atoms with E-state index in [4.69, 9.17) is 23.7 Å². The zero-order chi connectivity index (χ0) is 47.7. The summed E-state index contributed by atoms with van der Waals surface area (Å²) in [6.07, 6.45) is 23.6. The predicted octanol–water partition coefficient (Wildman–Crippen LogP) is 16.3. The second-order valence-electron chi connectivity index (χ2n) is 17.9. The van der Waals surface area contributed by atoms with Gasteiger partial charge in [0.25, 0.3) is 0 Å². The van der Waals surface area contributed by atoms with Crippen LogP contribution in [-0.2, 0) is 26.4 Å². The standard InChI is InChI=1S/C62H71NO6/c1-3-4-5-6-7-8-9-10-11-12-13-14-15-16-17-30-41-63-55-43-54(66-45-49-31-22-18-23-32-49)44-58(68-47-51-35-26-20-27-36-51)59(55)61(64)62(69-48-52-37-28-21-29-38-52)60(63)53-39-40-56(57(42-53)65-2)67-46-50-33-24-19-25-34-50/h18-44H,3-17,45-48H2,1-2H3. The van der Waals surface area contributed by atoms with Gasteiger partial charge in [-0.25, -0.2) is 0 Å². The van der Waals surface area contributed by atoms with Crippen molar-refractivity contribution >= 4 is 17.1 Å². The van der Waals surface area contributed by atoms with Gasteiger partial charge in [-0.05, 0) is 53.3 Å². The molecular weight excluding hydrogens is 855 g/mol. The van der Waals surface area contributed by atoms with Gasteiger partial charge in [0, 0.05) is 23.9 Å². The van der Waals surface area contributed by atoms with Crippen LogP contribution in [0.5, 0.6) is 28.7 Å². The Labute approximate surface area is 410 Å². The highest BCUT2D eigenvalue weighted by atomic mass is 16.5. The van der Waals surface area contributed by atoms with E-state index in [2.05, 4.69) is 23.8 Å². The number of allylic oxidation sites excluding steroid dienone is 1. The smallest absolute Gasteiger partial charge is 0.235 e. The maximum atomic E-state index is 15.4. The Morgan fingerprint density at radius 1 is 0.464 bits per heavy atom. The van der Waals surface area contributed by atoms with Crippen LogP contribution in [-0.4, -0.2) is 11.7 Å². The van der Waals surface area contributed by atoms with E-state index in [1.807, 2.05) is 152 Å².